The van der Waals surface area contributed by atoms with Gasteiger partial charge in [0.15, 0.2) is 11.4 Å². The Morgan fingerprint density at radius 2 is 2.17 bits per heavy atom. The standard InChI is InChI=1S/C16H16N4O4/c1-9(2)18-15(21)19-10-4-3-5-11(8-10)23-12-6-7-17-14-13(12)24-16(22)20-14/h3-9H,1-2H3,(H,17,20,22)(H2,18,19,21). The van der Waals surface area contributed by atoms with E-state index in [9.17, 15) is 9.59 Å². The number of rotatable bonds is 4. The maximum absolute atomic E-state index is 11.7. The third-order valence-corrected chi connectivity index (χ3v) is 3.02. The van der Waals surface area contributed by atoms with Crippen molar-refractivity contribution in [3.8, 4) is 11.5 Å². The Hall–Kier alpha value is -3.29. The van der Waals surface area contributed by atoms with Crippen LogP contribution in [-0.2, 0) is 0 Å². The van der Waals surface area contributed by atoms with Crippen LogP contribution >= 0.6 is 0 Å². The molecule has 0 bridgehead atoms. The second-order valence-corrected chi connectivity index (χ2v) is 5.38. The summed E-state index contributed by atoms with van der Waals surface area (Å²) >= 11 is 0. The summed E-state index contributed by atoms with van der Waals surface area (Å²) in [6, 6.07) is 8.19. The number of pyridine rings is 1. The molecule has 0 saturated heterocycles. The zero-order valence-electron chi connectivity index (χ0n) is 13.1. The fraction of sp³-hybridized carbons (Fsp3) is 0.188. The number of H-pyrrole nitrogens is 1. The van der Waals surface area contributed by atoms with Gasteiger partial charge in [-0.2, -0.15) is 0 Å². The van der Waals surface area contributed by atoms with E-state index in [0.717, 1.165) is 0 Å². The number of nitrogens with one attached hydrogen (secondary N) is 3. The van der Waals surface area contributed by atoms with Gasteiger partial charge in [0.05, 0.1) is 0 Å². The van der Waals surface area contributed by atoms with E-state index in [2.05, 4.69) is 20.6 Å². The molecule has 3 N–H and O–H groups in total. The third-order valence-electron chi connectivity index (χ3n) is 3.02. The number of oxazole rings is 1. The fourth-order valence-electron chi connectivity index (χ4n) is 2.11. The molecule has 0 radical (unpaired) electrons. The maximum Gasteiger partial charge on any atom is 0.418 e. The van der Waals surface area contributed by atoms with Crippen molar-refractivity contribution in [2.24, 2.45) is 0 Å². The summed E-state index contributed by atoms with van der Waals surface area (Å²) in [5.74, 6) is 0.227. The highest BCUT2D eigenvalue weighted by Gasteiger charge is 2.11. The van der Waals surface area contributed by atoms with Gasteiger partial charge in [-0.15, -0.1) is 0 Å². The van der Waals surface area contributed by atoms with E-state index in [4.69, 9.17) is 9.15 Å². The molecule has 2 aromatic heterocycles. The van der Waals surface area contributed by atoms with Crippen molar-refractivity contribution in [1.29, 1.82) is 0 Å². The summed E-state index contributed by atoms with van der Waals surface area (Å²) in [6.07, 6.45) is 1.50. The molecule has 0 spiro atoms. The molecule has 124 valence electrons. The Kier molecular flexibility index (Phi) is 4.19. The number of fused-ring (bicyclic) bond motifs is 1. The lowest BCUT2D eigenvalue weighted by molar-refractivity contribution is 0.250. The minimum atomic E-state index is -0.602. The van der Waals surface area contributed by atoms with E-state index in [1.54, 1.807) is 30.3 Å². The molecule has 0 saturated carbocycles. The fourth-order valence-corrected chi connectivity index (χ4v) is 2.11. The minimum Gasteiger partial charge on any atom is -0.453 e. The van der Waals surface area contributed by atoms with E-state index in [1.165, 1.54) is 6.20 Å². The van der Waals surface area contributed by atoms with Gasteiger partial charge in [0, 0.05) is 30.1 Å². The Bertz CT molecular complexity index is 929. The van der Waals surface area contributed by atoms with Gasteiger partial charge < -0.3 is 19.8 Å². The van der Waals surface area contributed by atoms with Crippen molar-refractivity contribution >= 4 is 22.9 Å². The molecule has 0 fully saturated rings. The summed E-state index contributed by atoms with van der Waals surface area (Å²) in [4.78, 5) is 29.5. The summed E-state index contributed by atoms with van der Waals surface area (Å²) < 4.78 is 10.8. The normalized spacial score (nSPS) is 10.8. The van der Waals surface area contributed by atoms with Crippen molar-refractivity contribution in [1.82, 2.24) is 15.3 Å². The van der Waals surface area contributed by atoms with Crippen LogP contribution in [0.3, 0.4) is 0 Å². The van der Waals surface area contributed by atoms with Crippen LogP contribution in [0.1, 0.15) is 13.8 Å². The molecule has 0 aliphatic carbocycles. The largest absolute Gasteiger partial charge is 0.453 e. The van der Waals surface area contributed by atoms with Crippen LogP contribution in [0.2, 0.25) is 0 Å². The predicted molar refractivity (Wildman–Crippen MR) is 88.4 cm³/mol. The van der Waals surface area contributed by atoms with Crippen molar-refractivity contribution in [3.63, 3.8) is 0 Å². The number of ether oxygens (including phenoxy) is 1. The molecular weight excluding hydrogens is 312 g/mol. The number of carbonyl (C=O) groups excluding carboxylic acids is 1. The van der Waals surface area contributed by atoms with Crippen molar-refractivity contribution in [3.05, 3.63) is 47.1 Å². The van der Waals surface area contributed by atoms with Gasteiger partial charge in [-0.25, -0.2) is 14.6 Å². The minimum absolute atomic E-state index is 0.0334. The lowest BCUT2D eigenvalue weighted by Crippen LogP contribution is -2.34. The highest BCUT2D eigenvalue weighted by molar-refractivity contribution is 5.89. The lowest BCUT2D eigenvalue weighted by atomic mass is 10.3. The number of aromatic amines is 1. The average Bonchev–Trinajstić information content (AvgIpc) is 2.88. The van der Waals surface area contributed by atoms with Gasteiger partial charge in [-0.05, 0) is 26.0 Å². The highest BCUT2D eigenvalue weighted by atomic mass is 16.5. The SMILES string of the molecule is CC(C)NC(=O)Nc1cccc(Oc2ccnc3[nH]c(=O)oc23)c1. The monoisotopic (exact) mass is 328 g/mol. The van der Waals surface area contributed by atoms with Crippen LogP contribution in [0.25, 0.3) is 11.2 Å². The molecule has 0 unspecified atom stereocenters. The zero-order chi connectivity index (χ0) is 17.1. The first-order valence-electron chi connectivity index (χ1n) is 7.34. The molecule has 2 heterocycles. The molecule has 24 heavy (non-hydrogen) atoms. The van der Waals surface area contributed by atoms with E-state index >= 15 is 0 Å². The van der Waals surface area contributed by atoms with Crippen LogP contribution < -0.4 is 21.1 Å². The van der Waals surface area contributed by atoms with Crippen molar-refractivity contribution in [2.45, 2.75) is 19.9 Å². The number of urea groups is 1. The van der Waals surface area contributed by atoms with Gasteiger partial charge >= 0.3 is 11.8 Å². The van der Waals surface area contributed by atoms with E-state index in [1.807, 2.05) is 13.8 Å². The zero-order valence-corrected chi connectivity index (χ0v) is 13.1. The summed E-state index contributed by atoms with van der Waals surface area (Å²) in [7, 11) is 0. The molecule has 3 rings (SSSR count). The number of carbonyl (C=O) groups is 1. The number of anilines is 1. The van der Waals surface area contributed by atoms with Gasteiger partial charge in [0.1, 0.15) is 5.75 Å². The molecule has 0 aliphatic heterocycles. The Morgan fingerprint density at radius 1 is 1.33 bits per heavy atom. The van der Waals surface area contributed by atoms with Crippen molar-refractivity contribution < 1.29 is 13.9 Å². The lowest BCUT2D eigenvalue weighted by Gasteiger charge is -2.11. The number of nitrogens with zero attached hydrogens (tertiary/aromatic N) is 1. The van der Waals surface area contributed by atoms with Gasteiger partial charge in [-0.1, -0.05) is 6.07 Å². The van der Waals surface area contributed by atoms with Crippen LogP contribution in [0.5, 0.6) is 11.5 Å². The van der Waals surface area contributed by atoms with Crippen LogP contribution in [0, 0.1) is 0 Å². The molecule has 8 heteroatoms. The van der Waals surface area contributed by atoms with E-state index in [0.29, 0.717) is 22.8 Å². The molecule has 2 amide bonds. The molecule has 0 atom stereocenters. The van der Waals surface area contributed by atoms with Crippen LogP contribution in [0.15, 0.2) is 45.7 Å². The molecular formula is C16H16N4O4. The quantitative estimate of drug-likeness (QED) is 0.682. The number of hydrogen-bond donors (Lipinski definition) is 3. The second-order valence-electron chi connectivity index (χ2n) is 5.38. The van der Waals surface area contributed by atoms with Crippen molar-refractivity contribution in [2.75, 3.05) is 5.32 Å². The summed E-state index contributed by atoms with van der Waals surface area (Å²) in [5.41, 5.74) is 1.12. The van der Waals surface area contributed by atoms with Crippen LogP contribution in [0.4, 0.5) is 10.5 Å². The number of hydrogen-bond acceptors (Lipinski definition) is 5. The second kappa shape index (κ2) is 6.45. The first-order chi connectivity index (χ1) is 11.5. The Balaban J connectivity index is 1.81. The Labute approximate surface area is 136 Å². The number of amides is 2. The Morgan fingerprint density at radius 3 is 2.96 bits per heavy atom. The van der Waals surface area contributed by atoms with Gasteiger partial charge in [0.25, 0.3) is 0 Å². The number of aromatic nitrogens is 2. The third kappa shape index (κ3) is 3.54. The van der Waals surface area contributed by atoms with E-state index < -0.39 is 5.76 Å². The summed E-state index contributed by atoms with van der Waals surface area (Å²) in [5, 5.41) is 5.45. The average molecular weight is 328 g/mol. The topological polar surface area (TPSA) is 109 Å². The van der Waals surface area contributed by atoms with E-state index in [-0.39, 0.29) is 17.7 Å². The number of benzene rings is 1. The maximum atomic E-state index is 11.7. The predicted octanol–water partition coefficient (Wildman–Crippen LogP) is 2.84. The van der Waals surface area contributed by atoms with Gasteiger partial charge in [-0.3, -0.25) is 4.98 Å². The first kappa shape index (κ1) is 15.6. The molecule has 1 aromatic carbocycles. The first-order valence-corrected chi connectivity index (χ1v) is 7.34. The summed E-state index contributed by atoms with van der Waals surface area (Å²) in [6.45, 7) is 3.75. The smallest absolute Gasteiger partial charge is 0.418 e. The molecule has 0 aliphatic rings. The van der Waals surface area contributed by atoms with Gasteiger partial charge in [0.2, 0.25) is 5.58 Å². The molecule has 8 nitrogen and oxygen atoms in total. The molecule has 3 aromatic rings. The highest BCUT2D eigenvalue weighted by Crippen LogP contribution is 2.28. The van der Waals surface area contributed by atoms with Crippen LogP contribution in [-0.4, -0.2) is 22.0 Å².